The minimum atomic E-state index is 0. The number of hydrogen-bond acceptors (Lipinski definition) is 4. The molecule has 0 radical (unpaired) electrons. The van der Waals surface area contributed by atoms with Crippen LogP contribution in [-0.4, -0.2) is 20.0 Å². The molecule has 2 aliphatic carbocycles. The normalized spacial score (nSPS) is 16.4. The highest BCUT2D eigenvalue weighted by Crippen LogP contribution is 2.23. The molecule has 0 bridgehead atoms. The summed E-state index contributed by atoms with van der Waals surface area (Å²) in [5.41, 5.74) is 3.38. The first-order valence-corrected chi connectivity index (χ1v) is 9.10. The van der Waals surface area contributed by atoms with Gasteiger partial charge in [-0.15, -0.1) is 0 Å². The standard InChI is InChI=1S/C18H20N5S.BrH/c1-13-14(2)24-18(19-13)23-21-17(15-9-5-3-6-10-15)20-22(23)16-11-7-4-8-12-16;/h3-5,7,9,11H,6,8,10,12H2,1-2H3;1H/q+1;/p-1. The van der Waals surface area contributed by atoms with Gasteiger partial charge in [0.2, 0.25) is 0 Å². The van der Waals surface area contributed by atoms with Gasteiger partial charge in [0.05, 0.1) is 10.8 Å². The van der Waals surface area contributed by atoms with E-state index in [9.17, 15) is 0 Å². The molecule has 2 aromatic rings. The van der Waals surface area contributed by atoms with Crippen LogP contribution in [0.2, 0.25) is 0 Å². The molecular formula is C18H20BrN5S. The van der Waals surface area contributed by atoms with Crippen molar-refractivity contribution in [3.63, 3.8) is 0 Å². The van der Waals surface area contributed by atoms with Gasteiger partial charge >= 0.3 is 5.82 Å². The minimum absolute atomic E-state index is 0. The molecule has 0 saturated heterocycles. The van der Waals surface area contributed by atoms with Gasteiger partial charge in [-0.2, -0.15) is 0 Å². The lowest BCUT2D eigenvalue weighted by Crippen LogP contribution is -3.00. The summed E-state index contributed by atoms with van der Waals surface area (Å²) in [5, 5.41) is 10.5. The average molecular weight is 418 g/mol. The van der Waals surface area contributed by atoms with E-state index in [1.54, 1.807) is 11.3 Å². The predicted octanol–water partition coefficient (Wildman–Crippen LogP) is 0.556. The van der Waals surface area contributed by atoms with Crippen LogP contribution in [0.4, 0.5) is 0 Å². The van der Waals surface area contributed by atoms with Crippen molar-refractivity contribution in [3.05, 3.63) is 52.9 Å². The Labute approximate surface area is 161 Å². The Morgan fingerprint density at radius 2 is 1.84 bits per heavy atom. The molecule has 0 aromatic carbocycles. The molecule has 4 rings (SSSR count). The maximum atomic E-state index is 4.80. The number of rotatable bonds is 3. The summed E-state index contributed by atoms with van der Waals surface area (Å²) < 4.78 is 0. The molecule has 0 fully saturated rings. The fourth-order valence-electron chi connectivity index (χ4n) is 2.81. The number of thiazole rings is 1. The number of hydrogen-bond donors (Lipinski definition) is 0. The summed E-state index contributed by atoms with van der Waals surface area (Å²) in [5.74, 6) is 0.792. The Bertz CT molecular complexity index is 881. The Hall–Kier alpha value is -1.86. The summed E-state index contributed by atoms with van der Waals surface area (Å²) >= 11 is 1.66. The quantitative estimate of drug-likeness (QED) is 0.685. The van der Waals surface area contributed by atoms with Gasteiger partial charge in [-0.3, -0.25) is 0 Å². The van der Waals surface area contributed by atoms with Crippen molar-refractivity contribution in [1.29, 1.82) is 0 Å². The van der Waals surface area contributed by atoms with Crippen LogP contribution >= 0.6 is 11.3 Å². The zero-order valence-corrected chi connectivity index (χ0v) is 16.7. The lowest BCUT2D eigenvalue weighted by molar-refractivity contribution is -0.724. The molecule has 25 heavy (non-hydrogen) atoms. The molecule has 0 N–H and O–H groups in total. The van der Waals surface area contributed by atoms with E-state index in [4.69, 9.17) is 10.2 Å². The number of aryl methyl sites for hydroxylation is 2. The molecule has 0 amide bonds. The first kappa shape index (κ1) is 17.9. The Kier molecular flexibility index (Phi) is 5.44. The summed E-state index contributed by atoms with van der Waals surface area (Å²) in [6.07, 6.45) is 16.8. The molecule has 0 aliphatic heterocycles. The van der Waals surface area contributed by atoms with E-state index >= 15 is 0 Å². The minimum Gasteiger partial charge on any atom is -1.00 e. The van der Waals surface area contributed by atoms with Gasteiger partial charge < -0.3 is 17.0 Å². The lowest BCUT2D eigenvalue weighted by Gasteiger charge is -2.03. The fraction of sp³-hybridized carbons (Fsp3) is 0.333. The maximum absolute atomic E-state index is 4.80. The van der Waals surface area contributed by atoms with Crippen molar-refractivity contribution >= 4 is 22.6 Å². The van der Waals surface area contributed by atoms with Gasteiger partial charge in [-0.05, 0) is 49.1 Å². The van der Waals surface area contributed by atoms with E-state index in [2.05, 4.69) is 48.4 Å². The van der Waals surface area contributed by atoms with Gasteiger partial charge in [-0.25, -0.2) is 4.98 Å². The number of halogens is 1. The monoisotopic (exact) mass is 417 g/mol. The lowest BCUT2D eigenvalue weighted by atomic mass is 10.1. The van der Waals surface area contributed by atoms with Crippen molar-refractivity contribution in [2.75, 3.05) is 0 Å². The third-order valence-electron chi connectivity index (χ3n) is 4.30. The van der Waals surface area contributed by atoms with Crippen LogP contribution in [0.25, 0.3) is 16.4 Å². The van der Waals surface area contributed by atoms with Crippen molar-refractivity contribution in [3.8, 4) is 5.13 Å². The van der Waals surface area contributed by atoms with Crippen molar-refractivity contribution in [1.82, 2.24) is 20.0 Å². The second-order valence-corrected chi connectivity index (χ2v) is 7.21. The third kappa shape index (κ3) is 3.57. The molecule has 0 spiro atoms. The van der Waals surface area contributed by atoms with E-state index in [0.29, 0.717) is 0 Å². The molecule has 0 unspecified atom stereocenters. The molecule has 2 aromatic heterocycles. The summed E-state index contributed by atoms with van der Waals surface area (Å²) in [6.45, 7) is 4.13. The molecule has 5 nitrogen and oxygen atoms in total. The zero-order valence-electron chi connectivity index (χ0n) is 14.3. The van der Waals surface area contributed by atoms with Crippen molar-refractivity contribution in [2.24, 2.45) is 0 Å². The largest absolute Gasteiger partial charge is 1.00 e. The van der Waals surface area contributed by atoms with Crippen LogP contribution in [0.1, 0.15) is 42.1 Å². The highest BCUT2D eigenvalue weighted by molar-refractivity contribution is 7.14. The van der Waals surface area contributed by atoms with Crippen LogP contribution in [0.15, 0.2) is 36.5 Å². The summed E-state index contributed by atoms with van der Waals surface area (Å²) in [6, 6.07) is 0. The van der Waals surface area contributed by atoms with Crippen molar-refractivity contribution in [2.45, 2.75) is 39.5 Å². The SMILES string of the molecule is Cc1nc(-n2nc(C3=CC=CCC3)n[n+]2C2=CC=CCC2)sc1C.[Br-]. The summed E-state index contributed by atoms with van der Waals surface area (Å²) in [4.78, 5) is 9.65. The average Bonchev–Trinajstić information content (AvgIpc) is 3.21. The Morgan fingerprint density at radius 1 is 1.08 bits per heavy atom. The van der Waals surface area contributed by atoms with E-state index in [-0.39, 0.29) is 17.0 Å². The summed E-state index contributed by atoms with van der Waals surface area (Å²) in [7, 11) is 0. The van der Waals surface area contributed by atoms with Gasteiger partial charge in [0.1, 0.15) is 0 Å². The smallest absolute Gasteiger partial charge is 0.336 e. The molecule has 2 heterocycles. The highest BCUT2D eigenvalue weighted by atomic mass is 79.9. The van der Waals surface area contributed by atoms with Gasteiger partial charge in [0, 0.05) is 21.7 Å². The van der Waals surface area contributed by atoms with Crippen LogP contribution in [0.3, 0.4) is 0 Å². The molecule has 2 aliphatic rings. The van der Waals surface area contributed by atoms with Gasteiger partial charge in [0.15, 0.2) is 5.70 Å². The number of nitrogens with zero attached hydrogens (tertiary/aromatic N) is 5. The predicted molar refractivity (Wildman–Crippen MR) is 95.7 cm³/mol. The number of allylic oxidation sites excluding steroid dienone is 8. The van der Waals surface area contributed by atoms with E-state index < -0.39 is 0 Å². The second kappa shape index (κ2) is 7.58. The molecule has 0 atom stereocenters. The third-order valence-corrected chi connectivity index (χ3v) is 5.34. The molecule has 7 heteroatoms. The maximum Gasteiger partial charge on any atom is 0.336 e. The second-order valence-electron chi connectivity index (χ2n) is 6.02. The Morgan fingerprint density at radius 3 is 2.44 bits per heavy atom. The van der Waals surface area contributed by atoms with E-state index in [0.717, 1.165) is 48.0 Å². The molecule has 130 valence electrons. The topological polar surface area (TPSA) is 47.5 Å². The van der Waals surface area contributed by atoms with Crippen LogP contribution < -0.4 is 21.8 Å². The Balaban J connectivity index is 0.00000182. The van der Waals surface area contributed by atoms with Gasteiger partial charge in [0.25, 0.3) is 5.13 Å². The zero-order chi connectivity index (χ0) is 16.5. The number of aromatic nitrogens is 5. The number of tetrazole rings is 1. The van der Waals surface area contributed by atoms with Crippen molar-refractivity contribution < 1.29 is 21.8 Å². The first-order valence-electron chi connectivity index (χ1n) is 8.28. The van der Waals surface area contributed by atoms with Gasteiger partial charge in [-0.1, -0.05) is 41.7 Å². The fourth-order valence-corrected chi connectivity index (χ4v) is 3.66. The van der Waals surface area contributed by atoms with E-state index in [1.165, 1.54) is 10.5 Å². The van der Waals surface area contributed by atoms with Crippen LogP contribution in [0, 0.1) is 13.8 Å². The first-order chi connectivity index (χ1) is 11.7. The van der Waals surface area contributed by atoms with E-state index in [1.807, 2.05) is 16.5 Å². The highest BCUT2D eigenvalue weighted by Gasteiger charge is 2.28. The van der Waals surface area contributed by atoms with Crippen LogP contribution in [-0.2, 0) is 0 Å². The molecular weight excluding hydrogens is 398 g/mol. The molecule has 0 saturated carbocycles. The van der Waals surface area contributed by atoms with Crippen LogP contribution in [0.5, 0.6) is 0 Å².